The van der Waals surface area contributed by atoms with Crippen LogP contribution in [0.15, 0.2) is 0 Å². The number of esters is 1. The topological polar surface area (TPSA) is 80.8 Å². The summed E-state index contributed by atoms with van der Waals surface area (Å²) < 4.78 is 27.3. The average Bonchev–Trinajstić information content (AvgIpc) is 2.35. The average molecular weight is 277 g/mol. The van der Waals surface area contributed by atoms with Crippen molar-refractivity contribution in [2.24, 2.45) is 5.92 Å². The quantitative estimate of drug-likeness (QED) is 0.669. The summed E-state index contributed by atoms with van der Waals surface area (Å²) in [6, 6.07) is 0. The van der Waals surface area contributed by atoms with Crippen LogP contribution in [0.25, 0.3) is 0 Å². The Bertz CT molecular complexity index is 431. The number of likely N-dealkylation sites (tertiary alicyclic amines) is 1. The van der Waals surface area contributed by atoms with Crippen LogP contribution in [-0.2, 0) is 24.2 Å². The highest BCUT2D eigenvalue weighted by molar-refractivity contribution is 7.92. The number of methoxy groups -OCH3 is 1. The standard InChI is InChI=1S/C11H19NO5S/c1-8(18(3,15)16)10(13)12-6-4-5-9(7-12)11(14)17-2/h8-9H,4-7H2,1-3H3. The normalized spacial score (nSPS) is 22.4. The fourth-order valence-corrected chi connectivity index (χ4v) is 2.49. The third-order valence-electron chi connectivity index (χ3n) is 3.26. The highest BCUT2D eigenvalue weighted by Crippen LogP contribution is 2.19. The van der Waals surface area contributed by atoms with Gasteiger partial charge in [0, 0.05) is 19.3 Å². The third kappa shape index (κ3) is 3.44. The van der Waals surface area contributed by atoms with Gasteiger partial charge in [-0.3, -0.25) is 9.59 Å². The van der Waals surface area contributed by atoms with Gasteiger partial charge < -0.3 is 9.64 Å². The number of ether oxygens (including phenoxy) is 1. The zero-order valence-corrected chi connectivity index (χ0v) is 11.7. The van der Waals surface area contributed by atoms with Crippen LogP contribution in [0.2, 0.25) is 0 Å². The second-order valence-electron chi connectivity index (χ2n) is 4.62. The van der Waals surface area contributed by atoms with Gasteiger partial charge in [0.2, 0.25) is 5.91 Å². The van der Waals surface area contributed by atoms with Crippen molar-refractivity contribution in [2.75, 3.05) is 26.5 Å². The predicted molar refractivity (Wildman–Crippen MR) is 65.6 cm³/mol. The molecule has 1 amide bonds. The molecule has 0 spiro atoms. The van der Waals surface area contributed by atoms with E-state index in [4.69, 9.17) is 0 Å². The molecular formula is C11H19NO5S. The molecule has 0 saturated carbocycles. The molecular weight excluding hydrogens is 258 g/mol. The van der Waals surface area contributed by atoms with E-state index < -0.39 is 21.0 Å². The van der Waals surface area contributed by atoms with E-state index in [0.29, 0.717) is 19.4 Å². The van der Waals surface area contributed by atoms with E-state index in [1.165, 1.54) is 18.9 Å². The molecule has 1 fully saturated rings. The first-order chi connectivity index (χ1) is 8.27. The molecule has 18 heavy (non-hydrogen) atoms. The summed E-state index contributed by atoms with van der Waals surface area (Å²) in [4.78, 5) is 24.9. The molecule has 0 aromatic heterocycles. The molecule has 1 saturated heterocycles. The highest BCUT2D eigenvalue weighted by atomic mass is 32.2. The van der Waals surface area contributed by atoms with Crippen LogP contribution in [-0.4, -0.2) is 56.9 Å². The van der Waals surface area contributed by atoms with Gasteiger partial charge in [-0.2, -0.15) is 0 Å². The van der Waals surface area contributed by atoms with E-state index in [-0.39, 0.29) is 18.4 Å². The van der Waals surface area contributed by atoms with Crippen molar-refractivity contribution in [3.05, 3.63) is 0 Å². The summed E-state index contributed by atoms with van der Waals surface area (Å²) in [5.74, 6) is -1.13. The molecule has 1 aliphatic heterocycles. The number of carbonyl (C=O) groups excluding carboxylic acids is 2. The van der Waals surface area contributed by atoms with Gasteiger partial charge in [0.05, 0.1) is 13.0 Å². The van der Waals surface area contributed by atoms with Crippen molar-refractivity contribution in [2.45, 2.75) is 25.0 Å². The molecule has 1 heterocycles. The first-order valence-corrected chi connectivity index (χ1v) is 7.78. The zero-order valence-electron chi connectivity index (χ0n) is 10.9. The number of amides is 1. The van der Waals surface area contributed by atoms with Crippen LogP contribution in [0, 0.1) is 5.92 Å². The fourth-order valence-electron chi connectivity index (χ4n) is 1.98. The van der Waals surface area contributed by atoms with Crippen molar-refractivity contribution in [3.63, 3.8) is 0 Å². The Morgan fingerprint density at radius 2 is 2.00 bits per heavy atom. The maximum absolute atomic E-state index is 12.0. The first kappa shape index (κ1) is 14.9. The molecule has 0 aliphatic carbocycles. The molecule has 104 valence electrons. The Balaban J connectivity index is 2.73. The van der Waals surface area contributed by atoms with Gasteiger partial charge in [0.1, 0.15) is 5.25 Å². The number of hydrogen-bond acceptors (Lipinski definition) is 5. The summed E-state index contributed by atoms with van der Waals surface area (Å²) in [5, 5.41) is -1.06. The maximum Gasteiger partial charge on any atom is 0.310 e. The van der Waals surface area contributed by atoms with E-state index in [1.807, 2.05) is 0 Å². The molecule has 2 atom stereocenters. The van der Waals surface area contributed by atoms with E-state index >= 15 is 0 Å². The Morgan fingerprint density at radius 3 is 2.50 bits per heavy atom. The van der Waals surface area contributed by atoms with Gasteiger partial charge >= 0.3 is 5.97 Å². The lowest BCUT2D eigenvalue weighted by Gasteiger charge is -2.32. The summed E-state index contributed by atoms with van der Waals surface area (Å²) in [6.45, 7) is 2.11. The molecule has 0 aromatic carbocycles. The molecule has 7 heteroatoms. The number of rotatable bonds is 3. The van der Waals surface area contributed by atoms with E-state index in [0.717, 1.165) is 6.26 Å². The summed E-state index contributed by atoms with van der Waals surface area (Å²) in [7, 11) is -2.09. The number of nitrogens with zero attached hydrogens (tertiary/aromatic N) is 1. The smallest absolute Gasteiger partial charge is 0.310 e. The minimum Gasteiger partial charge on any atom is -0.469 e. The van der Waals surface area contributed by atoms with Gasteiger partial charge in [0.25, 0.3) is 0 Å². The molecule has 1 rings (SSSR count). The van der Waals surface area contributed by atoms with Crippen LogP contribution in [0.3, 0.4) is 0 Å². The molecule has 0 N–H and O–H groups in total. The third-order valence-corrected chi connectivity index (χ3v) is 4.74. The number of carbonyl (C=O) groups is 2. The summed E-state index contributed by atoms with van der Waals surface area (Å²) in [5.41, 5.74) is 0. The van der Waals surface area contributed by atoms with E-state index in [9.17, 15) is 18.0 Å². The summed E-state index contributed by atoms with van der Waals surface area (Å²) >= 11 is 0. The molecule has 0 radical (unpaired) electrons. The second-order valence-corrected chi connectivity index (χ2v) is 6.98. The second kappa shape index (κ2) is 5.69. The lowest BCUT2D eigenvalue weighted by Crippen LogP contribution is -2.47. The molecule has 0 aromatic rings. The Hall–Kier alpha value is -1.11. The minimum absolute atomic E-state index is 0.241. The monoisotopic (exact) mass is 277 g/mol. The van der Waals surface area contributed by atoms with Crippen molar-refractivity contribution in [3.8, 4) is 0 Å². The van der Waals surface area contributed by atoms with Gasteiger partial charge in [0.15, 0.2) is 9.84 Å². The van der Waals surface area contributed by atoms with Gasteiger partial charge in [-0.15, -0.1) is 0 Å². The molecule has 1 aliphatic rings. The Morgan fingerprint density at radius 1 is 1.39 bits per heavy atom. The van der Waals surface area contributed by atoms with Crippen molar-refractivity contribution in [1.29, 1.82) is 0 Å². The van der Waals surface area contributed by atoms with Crippen LogP contribution < -0.4 is 0 Å². The largest absolute Gasteiger partial charge is 0.469 e. The highest BCUT2D eigenvalue weighted by Gasteiger charge is 2.33. The first-order valence-electron chi connectivity index (χ1n) is 5.83. The minimum atomic E-state index is -3.40. The van der Waals surface area contributed by atoms with Crippen molar-refractivity contribution >= 4 is 21.7 Å². The van der Waals surface area contributed by atoms with Crippen molar-refractivity contribution < 1.29 is 22.7 Å². The fraction of sp³-hybridized carbons (Fsp3) is 0.818. The van der Waals surface area contributed by atoms with Crippen LogP contribution >= 0.6 is 0 Å². The molecule has 6 nitrogen and oxygen atoms in total. The van der Waals surface area contributed by atoms with Gasteiger partial charge in [-0.05, 0) is 19.8 Å². The van der Waals surface area contributed by atoms with E-state index in [1.54, 1.807) is 0 Å². The van der Waals surface area contributed by atoms with Crippen LogP contribution in [0.4, 0.5) is 0 Å². The van der Waals surface area contributed by atoms with Gasteiger partial charge in [-0.25, -0.2) is 8.42 Å². The molecule has 2 unspecified atom stereocenters. The lowest BCUT2D eigenvalue weighted by molar-refractivity contribution is -0.148. The Kier molecular flexibility index (Phi) is 4.72. The molecule has 0 bridgehead atoms. The Labute approximate surface area is 107 Å². The lowest BCUT2D eigenvalue weighted by atomic mass is 9.98. The van der Waals surface area contributed by atoms with Gasteiger partial charge in [-0.1, -0.05) is 0 Å². The SMILES string of the molecule is COC(=O)C1CCCN(C(=O)C(C)S(C)(=O)=O)C1. The van der Waals surface area contributed by atoms with Crippen LogP contribution in [0.1, 0.15) is 19.8 Å². The zero-order chi connectivity index (χ0) is 13.9. The number of sulfone groups is 1. The summed E-state index contributed by atoms with van der Waals surface area (Å²) in [6.07, 6.45) is 2.39. The van der Waals surface area contributed by atoms with E-state index in [2.05, 4.69) is 4.74 Å². The number of hydrogen-bond donors (Lipinski definition) is 0. The number of piperidine rings is 1. The van der Waals surface area contributed by atoms with Crippen LogP contribution in [0.5, 0.6) is 0 Å². The maximum atomic E-state index is 12.0. The predicted octanol–water partition coefficient (Wildman–Crippen LogP) is -0.169. The van der Waals surface area contributed by atoms with Crippen molar-refractivity contribution in [1.82, 2.24) is 4.90 Å².